The van der Waals surface area contributed by atoms with Gasteiger partial charge in [0, 0.05) is 37.4 Å². The van der Waals surface area contributed by atoms with E-state index in [1.165, 1.54) is 92.3 Å². The van der Waals surface area contributed by atoms with E-state index >= 15 is 0 Å². The molecule has 1 fully saturated rings. The van der Waals surface area contributed by atoms with Crippen molar-refractivity contribution in [3.63, 3.8) is 0 Å². The molecule has 52 heavy (non-hydrogen) atoms. The summed E-state index contributed by atoms with van der Waals surface area (Å²) in [6.45, 7) is 4.80. The van der Waals surface area contributed by atoms with Crippen LogP contribution in [0.5, 0.6) is 0 Å². The van der Waals surface area contributed by atoms with Gasteiger partial charge in [-0.3, -0.25) is 0 Å². The first kappa shape index (κ1) is 30.3. The van der Waals surface area contributed by atoms with E-state index in [1.807, 2.05) is 0 Å². The highest BCUT2D eigenvalue weighted by Crippen LogP contribution is 2.60. The Hall–Kier alpha value is -5.38. The van der Waals surface area contributed by atoms with Crippen LogP contribution in [0.2, 0.25) is 0 Å². The van der Waals surface area contributed by atoms with Crippen LogP contribution in [0.3, 0.4) is 0 Å². The molecule has 0 unspecified atom stereocenters. The second kappa shape index (κ2) is 11.1. The van der Waals surface area contributed by atoms with Crippen LogP contribution in [-0.2, 0) is 10.8 Å². The lowest BCUT2D eigenvalue weighted by molar-refractivity contribution is 0.353. The lowest BCUT2D eigenvalue weighted by Crippen LogP contribution is -2.28. The van der Waals surface area contributed by atoms with Gasteiger partial charge in [0.05, 0.1) is 5.69 Å². The number of rotatable bonds is 3. The molecule has 2 nitrogen and oxygen atoms in total. The summed E-state index contributed by atoms with van der Waals surface area (Å²) < 4.78 is 1.24. The molecule has 1 spiro atoms. The van der Waals surface area contributed by atoms with Gasteiger partial charge in [0.2, 0.25) is 0 Å². The number of hydrogen-bond acceptors (Lipinski definition) is 3. The monoisotopic (exact) mass is 686 g/mol. The molecule has 0 atom stereocenters. The maximum absolute atomic E-state index is 5.24. The SMILES string of the molecule is CC1(C)c2ccccc2-c2cc3c(cc21)-c1cc(-c2ccc(-c4nc(-c5ccccc5)c5c(n4)sc4ccccc45)cc2)ccc1C31CCCCC1. The van der Waals surface area contributed by atoms with Crippen LogP contribution in [0.15, 0.2) is 133 Å². The summed E-state index contributed by atoms with van der Waals surface area (Å²) in [6, 6.07) is 49.6. The Bertz CT molecular complexity index is 2730. The van der Waals surface area contributed by atoms with E-state index in [0.717, 1.165) is 32.9 Å². The third-order valence-corrected chi connectivity index (χ3v) is 13.6. The predicted molar refractivity (Wildman–Crippen MR) is 218 cm³/mol. The van der Waals surface area contributed by atoms with Gasteiger partial charge in [0.15, 0.2) is 5.82 Å². The predicted octanol–water partition coefficient (Wildman–Crippen LogP) is 13.4. The highest BCUT2D eigenvalue weighted by Gasteiger charge is 2.46. The number of fused-ring (bicyclic) bond motifs is 11. The molecule has 6 aromatic carbocycles. The zero-order chi connectivity index (χ0) is 34.6. The molecule has 0 radical (unpaired) electrons. The van der Waals surface area contributed by atoms with E-state index in [4.69, 9.17) is 9.97 Å². The standard InChI is InChI=1S/C49H38N2S/c1-48(2)39-17-9-7-15-34(39)37-29-42-38(28-41(37)48)36-27-33(23-24-40(36)49(42)25-11-4-12-26-49)30-19-21-32(22-20-30)46-50-45(31-13-5-3-6-14-31)44-35-16-8-10-18-43(35)52-47(44)51-46/h3,5-10,13-24,27-29H,4,11-12,25-26H2,1-2H3. The highest BCUT2D eigenvalue weighted by molar-refractivity contribution is 7.25. The van der Waals surface area contributed by atoms with Gasteiger partial charge in [-0.25, -0.2) is 9.97 Å². The highest BCUT2D eigenvalue weighted by atomic mass is 32.1. The maximum atomic E-state index is 5.24. The van der Waals surface area contributed by atoms with Crippen LogP contribution in [0.4, 0.5) is 0 Å². The molecule has 0 saturated heterocycles. The van der Waals surface area contributed by atoms with Crippen molar-refractivity contribution in [2.24, 2.45) is 0 Å². The van der Waals surface area contributed by atoms with Gasteiger partial charge in [-0.15, -0.1) is 11.3 Å². The minimum atomic E-state index is -0.0157. The average Bonchev–Trinajstić information content (AvgIpc) is 3.78. The summed E-state index contributed by atoms with van der Waals surface area (Å²) >= 11 is 1.75. The topological polar surface area (TPSA) is 25.8 Å². The summed E-state index contributed by atoms with van der Waals surface area (Å²) in [7, 11) is 0. The van der Waals surface area contributed by atoms with E-state index in [1.54, 1.807) is 16.9 Å². The lowest BCUT2D eigenvalue weighted by atomic mass is 9.67. The van der Waals surface area contributed by atoms with E-state index in [2.05, 4.69) is 147 Å². The fourth-order valence-electron chi connectivity index (χ4n) is 9.94. The van der Waals surface area contributed by atoms with E-state index in [9.17, 15) is 0 Å². The Morgan fingerprint density at radius 1 is 0.500 bits per heavy atom. The minimum Gasteiger partial charge on any atom is -0.227 e. The lowest BCUT2D eigenvalue weighted by Gasteiger charge is -2.36. The summed E-state index contributed by atoms with van der Waals surface area (Å²) in [5.74, 6) is 0.768. The van der Waals surface area contributed by atoms with Gasteiger partial charge >= 0.3 is 0 Å². The molecule has 3 aliphatic rings. The van der Waals surface area contributed by atoms with Gasteiger partial charge < -0.3 is 0 Å². The quantitative estimate of drug-likeness (QED) is 0.185. The molecule has 8 aromatic rings. The van der Waals surface area contributed by atoms with Crippen molar-refractivity contribution in [1.82, 2.24) is 9.97 Å². The molecule has 3 heteroatoms. The minimum absolute atomic E-state index is 0.0157. The van der Waals surface area contributed by atoms with Crippen molar-refractivity contribution in [2.75, 3.05) is 0 Å². The largest absolute Gasteiger partial charge is 0.227 e. The Balaban J connectivity index is 1.02. The molecule has 2 aromatic heterocycles. The maximum Gasteiger partial charge on any atom is 0.161 e. The van der Waals surface area contributed by atoms with Gasteiger partial charge in [-0.1, -0.05) is 142 Å². The van der Waals surface area contributed by atoms with Crippen LogP contribution in [0, 0.1) is 0 Å². The van der Waals surface area contributed by atoms with Gasteiger partial charge in [-0.2, -0.15) is 0 Å². The molecule has 250 valence electrons. The van der Waals surface area contributed by atoms with E-state index < -0.39 is 0 Å². The first-order valence-electron chi connectivity index (χ1n) is 18.8. The molecule has 0 N–H and O–H groups in total. The summed E-state index contributed by atoms with van der Waals surface area (Å²) in [4.78, 5) is 11.4. The Labute approximate surface area is 308 Å². The number of hydrogen-bond donors (Lipinski definition) is 0. The fourth-order valence-corrected chi connectivity index (χ4v) is 11.0. The normalized spacial score (nSPS) is 16.2. The van der Waals surface area contributed by atoms with Gasteiger partial charge in [-0.05, 0) is 92.7 Å². The Morgan fingerprint density at radius 3 is 2.02 bits per heavy atom. The first-order valence-corrected chi connectivity index (χ1v) is 19.6. The fraction of sp³-hybridized carbons (Fsp3) is 0.184. The Kier molecular flexibility index (Phi) is 6.44. The summed E-state index contributed by atoms with van der Waals surface area (Å²) in [5.41, 5.74) is 17.5. The third-order valence-electron chi connectivity index (χ3n) is 12.5. The van der Waals surface area contributed by atoms with Gasteiger partial charge in [0.1, 0.15) is 4.83 Å². The Morgan fingerprint density at radius 2 is 1.17 bits per heavy atom. The number of nitrogens with zero attached hydrogens (tertiary/aromatic N) is 2. The zero-order valence-electron chi connectivity index (χ0n) is 29.5. The van der Waals surface area contributed by atoms with Crippen molar-refractivity contribution in [3.05, 3.63) is 156 Å². The third kappa shape index (κ3) is 4.23. The van der Waals surface area contributed by atoms with Crippen molar-refractivity contribution < 1.29 is 0 Å². The second-order valence-electron chi connectivity index (χ2n) is 15.6. The molecular weight excluding hydrogens is 649 g/mol. The van der Waals surface area contributed by atoms with Crippen LogP contribution in [0.25, 0.3) is 76.3 Å². The summed E-state index contributed by atoms with van der Waals surface area (Å²) in [6.07, 6.45) is 6.40. The molecule has 11 rings (SSSR count). The van der Waals surface area contributed by atoms with Crippen molar-refractivity contribution in [1.29, 1.82) is 0 Å². The van der Waals surface area contributed by atoms with Crippen molar-refractivity contribution >= 4 is 31.6 Å². The summed E-state index contributed by atoms with van der Waals surface area (Å²) in [5, 5.41) is 2.36. The molecular formula is C49H38N2S. The van der Waals surface area contributed by atoms with Crippen molar-refractivity contribution in [2.45, 2.75) is 56.8 Å². The van der Waals surface area contributed by atoms with Crippen LogP contribution in [0.1, 0.15) is 68.2 Å². The molecule has 1 saturated carbocycles. The molecule has 3 aliphatic carbocycles. The van der Waals surface area contributed by atoms with E-state index in [-0.39, 0.29) is 10.8 Å². The second-order valence-corrected chi connectivity index (χ2v) is 16.7. The van der Waals surface area contributed by atoms with Crippen LogP contribution in [-0.4, -0.2) is 9.97 Å². The van der Waals surface area contributed by atoms with Crippen molar-refractivity contribution in [3.8, 4) is 56.0 Å². The molecule has 2 heterocycles. The molecule has 0 bridgehead atoms. The van der Waals surface area contributed by atoms with Crippen LogP contribution >= 0.6 is 11.3 Å². The smallest absolute Gasteiger partial charge is 0.161 e. The first-order chi connectivity index (χ1) is 25.5. The zero-order valence-corrected chi connectivity index (χ0v) is 30.4. The number of aromatic nitrogens is 2. The van der Waals surface area contributed by atoms with E-state index in [0.29, 0.717) is 0 Å². The van der Waals surface area contributed by atoms with Crippen LogP contribution < -0.4 is 0 Å². The molecule has 0 amide bonds. The van der Waals surface area contributed by atoms with Gasteiger partial charge in [0.25, 0.3) is 0 Å². The number of benzene rings is 6. The average molecular weight is 687 g/mol. The molecule has 0 aliphatic heterocycles. The number of thiophene rings is 1.